The molecule has 2 N–H and O–H groups in total. The maximum Gasteiger partial charge on any atom is 0.268 e. The van der Waals surface area contributed by atoms with Gasteiger partial charge in [-0.1, -0.05) is 50.1 Å². The Morgan fingerprint density at radius 3 is 2.67 bits per heavy atom. The lowest BCUT2D eigenvalue weighted by molar-refractivity contribution is -0.124. The second kappa shape index (κ2) is 12.4. The molecule has 39 heavy (non-hydrogen) atoms. The summed E-state index contributed by atoms with van der Waals surface area (Å²) in [6.45, 7) is 2.43. The number of rotatable bonds is 10. The lowest BCUT2D eigenvalue weighted by Gasteiger charge is -2.32. The third-order valence-electron chi connectivity index (χ3n) is 6.88. The topological polar surface area (TPSA) is 134 Å². The number of hydrogen-bond acceptors (Lipinski definition) is 6. The Morgan fingerprint density at radius 1 is 1.18 bits per heavy atom. The Balaban J connectivity index is 1.40. The molecule has 3 aromatic rings. The van der Waals surface area contributed by atoms with Gasteiger partial charge in [0.2, 0.25) is 15.9 Å². The fourth-order valence-corrected chi connectivity index (χ4v) is 6.31. The zero-order chi connectivity index (χ0) is 28.0. The number of nitriles is 1. The first-order valence-electron chi connectivity index (χ1n) is 13.0. The zero-order valence-corrected chi connectivity index (χ0v) is 22.9. The summed E-state index contributed by atoms with van der Waals surface area (Å²) >= 11 is 0. The van der Waals surface area contributed by atoms with Crippen molar-refractivity contribution in [3.63, 3.8) is 0 Å². The number of carbonyl (C=O) groups excluding carboxylic acids is 2. The number of para-hydroxylation sites is 1. The predicted octanol–water partition coefficient (Wildman–Crippen LogP) is 2.54. The number of amides is 2. The number of aromatic nitrogens is 1. The first-order chi connectivity index (χ1) is 18.8. The van der Waals surface area contributed by atoms with Crippen molar-refractivity contribution in [2.75, 3.05) is 26.2 Å². The van der Waals surface area contributed by atoms with Gasteiger partial charge in [-0.3, -0.25) is 9.59 Å². The summed E-state index contributed by atoms with van der Waals surface area (Å²) in [7, 11) is -2.09. The number of nitrogens with zero attached hydrogens (tertiary/aromatic N) is 3. The number of ether oxygens (including phenoxy) is 1. The Hall–Kier alpha value is -3.72. The van der Waals surface area contributed by atoms with Crippen LogP contribution in [0.15, 0.2) is 59.5 Å². The van der Waals surface area contributed by atoms with Crippen LogP contribution in [0.3, 0.4) is 0 Å². The number of sulfonamides is 1. The number of hydrogen-bond donors (Lipinski definition) is 2. The predicted molar refractivity (Wildman–Crippen MR) is 146 cm³/mol. The van der Waals surface area contributed by atoms with Crippen LogP contribution in [0.4, 0.5) is 0 Å². The quantitative estimate of drug-likeness (QED) is 0.398. The minimum atomic E-state index is -3.91. The van der Waals surface area contributed by atoms with Gasteiger partial charge >= 0.3 is 0 Å². The van der Waals surface area contributed by atoms with E-state index in [1.54, 1.807) is 22.8 Å². The highest BCUT2D eigenvalue weighted by Gasteiger charge is 2.33. The van der Waals surface area contributed by atoms with E-state index in [9.17, 15) is 23.3 Å². The minimum absolute atomic E-state index is 0.0320. The molecule has 206 valence electrons. The molecule has 0 saturated carbocycles. The molecule has 1 fully saturated rings. The normalized spacial score (nSPS) is 16.9. The van der Waals surface area contributed by atoms with Crippen molar-refractivity contribution in [1.29, 1.82) is 5.26 Å². The molecule has 2 heterocycles. The standard InChI is InChI=1S/C28H33N5O5S/c1-3-4-11-23(31-28(35)25-16-20-9-5-7-12-24(20)32(25)2)27(34)30-18-22-19-33(14-15-38-22)39(36,37)26-13-8-6-10-21(26)17-29/h5-10,12-13,16,22-23H,3-4,11,14-15,18-19H2,1-2H3,(H,30,34)(H,31,35)/t22?,23-/m0/s1. The molecular formula is C28H33N5O5S. The minimum Gasteiger partial charge on any atom is -0.374 e. The van der Waals surface area contributed by atoms with Gasteiger partial charge in [-0.15, -0.1) is 0 Å². The Bertz CT molecular complexity index is 1490. The first-order valence-corrected chi connectivity index (χ1v) is 14.4. The Kier molecular flexibility index (Phi) is 9.01. The smallest absolute Gasteiger partial charge is 0.268 e. The van der Waals surface area contributed by atoms with E-state index in [2.05, 4.69) is 10.6 Å². The summed E-state index contributed by atoms with van der Waals surface area (Å²) < 4.78 is 35.2. The summed E-state index contributed by atoms with van der Waals surface area (Å²) in [5.74, 6) is -0.693. The molecule has 10 nitrogen and oxygen atoms in total. The van der Waals surface area contributed by atoms with Crippen LogP contribution in [0, 0.1) is 11.3 Å². The van der Waals surface area contributed by atoms with Gasteiger partial charge in [-0.25, -0.2) is 8.42 Å². The highest BCUT2D eigenvalue weighted by Crippen LogP contribution is 2.22. The largest absolute Gasteiger partial charge is 0.374 e. The van der Waals surface area contributed by atoms with E-state index in [1.165, 1.54) is 16.4 Å². The molecular weight excluding hydrogens is 518 g/mol. The zero-order valence-electron chi connectivity index (χ0n) is 22.1. The van der Waals surface area contributed by atoms with Gasteiger partial charge < -0.3 is 19.9 Å². The lowest BCUT2D eigenvalue weighted by atomic mass is 10.1. The number of morpholine rings is 1. The van der Waals surface area contributed by atoms with Crippen LogP contribution in [0.2, 0.25) is 0 Å². The Morgan fingerprint density at radius 2 is 1.92 bits per heavy atom. The third-order valence-corrected chi connectivity index (χ3v) is 8.81. The molecule has 0 spiro atoms. The SMILES string of the molecule is CCCC[C@H](NC(=O)c1cc2ccccc2n1C)C(=O)NCC1CN(S(=O)(=O)c2ccccc2C#N)CCO1. The van der Waals surface area contributed by atoms with E-state index in [0.29, 0.717) is 12.1 Å². The average molecular weight is 552 g/mol. The molecule has 0 bridgehead atoms. The molecule has 1 saturated heterocycles. The van der Waals surface area contributed by atoms with Crippen LogP contribution in [0.1, 0.15) is 42.2 Å². The van der Waals surface area contributed by atoms with Crippen LogP contribution in [0.25, 0.3) is 10.9 Å². The van der Waals surface area contributed by atoms with Crippen molar-refractivity contribution < 1.29 is 22.7 Å². The van der Waals surface area contributed by atoms with Crippen LogP contribution < -0.4 is 10.6 Å². The molecule has 2 aromatic carbocycles. The van der Waals surface area contributed by atoms with Gasteiger partial charge in [0.05, 0.1) is 23.2 Å². The number of benzene rings is 2. The summed E-state index contributed by atoms with van der Waals surface area (Å²) in [5.41, 5.74) is 1.46. The van der Waals surface area contributed by atoms with Crippen molar-refractivity contribution in [3.05, 3.63) is 65.9 Å². The van der Waals surface area contributed by atoms with Crippen LogP contribution >= 0.6 is 0 Å². The monoisotopic (exact) mass is 551 g/mol. The van der Waals surface area contributed by atoms with Gasteiger partial charge in [0.1, 0.15) is 17.8 Å². The molecule has 11 heteroatoms. The number of fused-ring (bicyclic) bond motifs is 1. The van der Waals surface area contributed by atoms with Crippen LogP contribution in [-0.4, -0.2) is 67.5 Å². The molecule has 0 aliphatic carbocycles. The number of aryl methyl sites for hydroxylation is 1. The van der Waals surface area contributed by atoms with Crippen LogP contribution in [0.5, 0.6) is 0 Å². The number of unbranched alkanes of at least 4 members (excludes halogenated alkanes) is 1. The Labute approximate surface area is 228 Å². The molecule has 4 rings (SSSR count). The van der Waals surface area contributed by atoms with E-state index in [1.807, 2.05) is 44.3 Å². The summed E-state index contributed by atoms with van der Waals surface area (Å²) in [6.07, 6.45) is 1.50. The van der Waals surface area contributed by atoms with Crippen molar-refractivity contribution in [2.24, 2.45) is 7.05 Å². The number of nitrogens with one attached hydrogen (secondary N) is 2. The average Bonchev–Trinajstić information content (AvgIpc) is 3.30. The number of carbonyl (C=O) groups is 2. The van der Waals surface area contributed by atoms with Gasteiger partial charge in [-0.2, -0.15) is 9.57 Å². The molecule has 0 radical (unpaired) electrons. The molecule has 1 aliphatic heterocycles. The maximum absolute atomic E-state index is 13.2. The van der Waals surface area contributed by atoms with Crippen molar-refractivity contribution in [3.8, 4) is 6.07 Å². The molecule has 1 aliphatic rings. The maximum atomic E-state index is 13.2. The first kappa shape index (κ1) is 28.3. The summed E-state index contributed by atoms with van der Waals surface area (Å²) in [5, 5.41) is 16.0. The van der Waals surface area contributed by atoms with E-state index < -0.39 is 22.2 Å². The van der Waals surface area contributed by atoms with Crippen molar-refractivity contribution in [2.45, 2.75) is 43.2 Å². The molecule has 1 unspecified atom stereocenters. The van der Waals surface area contributed by atoms with Gasteiger partial charge in [0.25, 0.3) is 5.91 Å². The second-order valence-electron chi connectivity index (χ2n) is 9.52. The second-order valence-corrected chi connectivity index (χ2v) is 11.4. The van der Waals surface area contributed by atoms with E-state index in [4.69, 9.17) is 4.74 Å². The molecule has 2 atom stereocenters. The highest BCUT2D eigenvalue weighted by molar-refractivity contribution is 7.89. The van der Waals surface area contributed by atoms with Crippen molar-refractivity contribution >= 4 is 32.7 Å². The lowest BCUT2D eigenvalue weighted by Crippen LogP contribution is -2.52. The fraction of sp³-hybridized carbons (Fsp3) is 0.393. The summed E-state index contributed by atoms with van der Waals surface area (Å²) in [6, 6.07) is 16.7. The molecule has 1 aromatic heterocycles. The van der Waals surface area contributed by atoms with E-state index in [0.717, 1.165) is 23.7 Å². The van der Waals surface area contributed by atoms with E-state index in [-0.39, 0.29) is 48.5 Å². The third kappa shape index (κ3) is 6.30. The van der Waals surface area contributed by atoms with Gasteiger partial charge in [0, 0.05) is 37.6 Å². The van der Waals surface area contributed by atoms with Gasteiger partial charge in [0.15, 0.2) is 0 Å². The van der Waals surface area contributed by atoms with Gasteiger partial charge in [-0.05, 0) is 30.7 Å². The van der Waals surface area contributed by atoms with E-state index >= 15 is 0 Å². The van der Waals surface area contributed by atoms with Crippen LogP contribution in [-0.2, 0) is 26.6 Å². The van der Waals surface area contributed by atoms with Crippen molar-refractivity contribution in [1.82, 2.24) is 19.5 Å². The summed E-state index contributed by atoms with van der Waals surface area (Å²) in [4.78, 5) is 26.2. The highest BCUT2D eigenvalue weighted by atomic mass is 32.2. The molecule has 2 amide bonds. The fourth-order valence-electron chi connectivity index (χ4n) is 4.71.